The smallest absolute Gasteiger partial charge is 0.409 e. The predicted molar refractivity (Wildman–Crippen MR) is 103 cm³/mol. The number of ether oxygens (including phenoxy) is 2. The van der Waals surface area contributed by atoms with Crippen LogP contribution in [0.2, 0.25) is 0 Å². The summed E-state index contributed by atoms with van der Waals surface area (Å²) < 4.78 is 23.8. The van der Waals surface area contributed by atoms with Gasteiger partial charge in [-0.3, -0.25) is 4.79 Å². The van der Waals surface area contributed by atoms with Crippen molar-refractivity contribution < 1.29 is 28.4 Å². The van der Waals surface area contributed by atoms with E-state index in [9.17, 15) is 14.0 Å². The number of hydrogen-bond donors (Lipinski definition) is 2. The third-order valence-electron chi connectivity index (χ3n) is 4.97. The molecule has 28 heavy (non-hydrogen) atoms. The van der Waals surface area contributed by atoms with E-state index in [-0.39, 0.29) is 23.8 Å². The average Bonchev–Trinajstić information content (AvgIpc) is 2.68. The fourth-order valence-electron chi connectivity index (χ4n) is 3.35. The van der Waals surface area contributed by atoms with Gasteiger partial charge in [0.25, 0.3) is 5.91 Å². The minimum atomic E-state index is -0.395. The fraction of sp³-hybridized carbons (Fsp3) is 0.600. The Morgan fingerprint density at radius 3 is 2.57 bits per heavy atom. The molecule has 156 valence electrons. The van der Waals surface area contributed by atoms with Crippen LogP contribution in [0.5, 0.6) is 5.75 Å². The molecule has 7 nitrogen and oxygen atoms in total. The molecule has 1 atom stereocenters. The van der Waals surface area contributed by atoms with Crippen LogP contribution in [0.3, 0.4) is 0 Å². The molecule has 8 heteroatoms. The number of nitrogens with one attached hydrogen (secondary N) is 2. The Hall–Kier alpha value is -2.35. The van der Waals surface area contributed by atoms with Gasteiger partial charge in [0.15, 0.2) is 18.1 Å². The number of quaternary nitrogens is 1. The molecule has 0 spiro atoms. The topological polar surface area (TPSA) is 72.3 Å². The Kier molecular flexibility index (Phi) is 8.50. The zero-order valence-electron chi connectivity index (χ0n) is 16.9. The minimum absolute atomic E-state index is 0.0274. The highest BCUT2D eigenvalue weighted by molar-refractivity contribution is 5.77. The number of rotatable bonds is 8. The van der Waals surface area contributed by atoms with Gasteiger partial charge in [0.05, 0.1) is 20.3 Å². The molecule has 1 fully saturated rings. The van der Waals surface area contributed by atoms with Gasteiger partial charge in [-0.05, 0) is 44.9 Å². The summed E-state index contributed by atoms with van der Waals surface area (Å²) in [5, 5.41) is 3.06. The summed E-state index contributed by atoms with van der Waals surface area (Å²) in [6.45, 7) is 6.95. The molecular weight excluding hydrogens is 365 g/mol. The van der Waals surface area contributed by atoms with Crippen molar-refractivity contribution in [2.24, 2.45) is 0 Å². The third kappa shape index (κ3) is 6.37. The molecule has 0 aliphatic carbocycles. The van der Waals surface area contributed by atoms with Crippen LogP contribution in [0.15, 0.2) is 18.2 Å². The molecule has 2 amide bonds. The highest BCUT2D eigenvalue weighted by Crippen LogP contribution is 2.17. The first-order chi connectivity index (χ1) is 13.5. The van der Waals surface area contributed by atoms with Gasteiger partial charge >= 0.3 is 6.09 Å². The number of benzene rings is 1. The molecular formula is C20H31FN3O4+. The number of piperidine rings is 1. The molecule has 1 saturated heterocycles. The van der Waals surface area contributed by atoms with E-state index in [0.29, 0.717) is 32.8 Å². The normalized spacial score (nSPS) is 15.8. The lowest BCUT2D eigenvalue weighted by Gasteiger charge is -2.31. The quantitative estimate of drug-likeness (QED) is 0.687. The molecule has 0 radical (unpaired) electrons. The van der Waals surface area contributed by atoms with Crippen molar-refractivity contribution in [3.05, 3.63) is 29.6 Å². The molecule has 0 aromatic heterocycles. The molecule has 1 unspecified atom stereocenters. The number of hydrogen-bond acceptors (Lipinski definition) is 4. The van der Waals surface area contributed by atoms with E-state index in [4.69, 9.17) is 9.47 Å². The van der Waals surface area contributed by atoms with Crippen molar-refractivity contribution >= 4 is 12.0 Å². The van der Waals surface area contributed by atoms with Crippen molar-refractivity contribution in [1.29, 1.82) is 0 Å². The third-order valence-corrected chi connectivity index (χ3v) is 4.97. The predicted octanol–water partition coefficient (Wildman–Crippen LogP) is 0.976. The van der Waals surface area contributed by atoms with E-state index in [1.54, 1.807) is 17.9 Å². The molecule has 1 aromatic carbocycles. The van der Waals surface area contributed by atoms with Crippen LogP contribution in [-0.2, 0) is 16.1 Å². The molecule has 1 aliphatic rings. The largest absolute Gasteiger partial charge is 0.494 e. The minimum Gasteiger partial charge on any atom is -0.494 e. The standard InChI is InChI=1S/C20H30FN3O4/c1-4-23(13-15-6-7-18(27-3)17(21)12-15)14-19(25)22-16-8-10-24(11-9-16)20(26)28-5-2/h6-7,12,16H,4-5,8-11,13-14H2,1-3H3,(H,22,25)/p+1. The summed E-state index contributed by atoms with van der Waals surface area (Å²) in [5.74, 6) is -0.206. The summed E-state index contributed by atoms with van der Waals surface area (Å²) in [5.41, 5.74) is 0.825. The lowest BCUT2D eigenvalue weighted by molar-refractivity contribution is -0.904. The van der Waals surface area contributed by atoms with E-state index in [0.717, 1.165) is 29.8 Å². The number of likely N-dealkylation sites (N-methyl/N-ethyl adjacent to an activating group) is 1. The summed E-state index contributed by atoms with van der Waals surface area (Å²) >= 11 is 0. The SMILES string of the molecule is CCOC(=O)N1CCC(NC(=O)C[NH+](CC)Cc2ccc(OC)c(F)c2)CC1. The van der Waals surface area contributed by atoms with Crippen LogP contribution in [-0.4, -0.2) is 62.8 Å². The van der Waals surface area contributed by atoms with Crippen molar-refractivity contribution in [3.8, 4) is 5.75 Å². The molecule has 2 N–H and O–H groups in total. The van der Waals surface area contributed by atoms with Gasteiger partial charge in [-0.25, -0.2) is 9.18 Å². The van der Waals surface area contributed by atoms with Crippen LogP contribution in [0.25, 0.3) is 0 Å². The van der Waals surface area contributed by atoms with Gasteiger partial charge in [-0.2, -0.15) is 0 Å². The van der Waals surface area contributed by atoms with E-state index >= 15 is 0 Å². The average molecular weight is 396 g/mol. The Morgan fingerprint density at radius 2 is 2.00 bits per heavy atom. The first-order valence-corrected chi connectivity index (χ1v) is 9.83. The van der Waals surface area contributed by atoms with Crippen LogP contribution in [0, 0.1) is 5.82 Å². The van der Waals surface area contributed by atoms with Gasteiger partial charge in [0, 0.05) is 24.7 Å². The molecule has 1 aliphatic heterocycles. The number of likely N-dealkylation sites (tertiary alicyclic amines) is 1. The van der Waals surface area contributed by atoms with Gasteiger partial charge in [0.2, 0.25) is 0 Å². The second-order valence-electron chi connectivity index (χ2n) is 6.95. The van der Waals surface area contributed by atoms with E-state index in [1.165, 1.54) is 13.2 Å². The highest BCUT2D eigenvalue weighted by atomic mass is 19.1. The Morgan fingerprint density at radius 1 is 1.29 bits per heavy atom. The summed E-state index contributed by atoms with van der Waals surface area (Å²) in [7, 11) is 1.43. The Balaban J connectivity index is 1.79. The lowest BCUT2D eigenvalue weighted by atomic mass is 10.1. The van der Waals surface area contributed by atoms with Gasteiger partial charge in [-0.15, -0.1) is 0 Å². The first kappa shape index (κ1) is 21.9. The Bertz CT molecular complexity index is 663. The summed E-state index contributed by atoms with van der Waals surface area (Å²) in [6.07, 6.45) is 1.14. The number of halogens is 1. The lowest BCUT2D eigenvalue weighted by Crippen LogP contribution is -3.11. The number of amides is 2. The number of carbonyl (C=O) groups is 2. The number of methoxy groups -OCH3 is 1. The van der Waals surface area contributed by atoms with E-state index in [1.807, 2.05) is 13.0 Å². The van der Waals surface area contributed by atoms with Crippen LogP contribution in [0.4, 0.5) is 9.18 Å². The van der Waals surface area contributed by atoms with Gasteiger partial charge in [0.1, 0.15) is 6.54 Å². The summed E-state index contributed by atoms with van der Waals surface area (Å²) in [6, 6.07) is 4.95. The fourth-order valence-corrected chi connectivity index (χ4v) is 3.35. The van der Waals surface area contributed by atoms with Crippen molar-refractivity contribution in [2.45, 2.75) is 39.3 Å². The molecule has 0 saturated carbocycles. The monoisotopic (exact) mass is 396 g/mol. The van der Waals surface area contributed by atoms with Gasteiger partial charge < -0.3 is 24.6 Å². The Labute approximate surface area is 165 Å². The van der Waals surface area contributed by atoms with Crippen LogP contribution in [0.1, 0.15) is 32.3 Å². The van der Waals surface area contributed by atoms with Crippen LogP contribution < -0.4 is 15.0 Å². The zero-order valence-corrected chi connectivity index (χ0v) is 16.9. The van der Waals surface area contributed by atoms with Crippen molar-refractivity contribution in [1.82, 2.24) is 10.2 Å². The highest BCUT2D eigenvalue weighted by Gasteiger charge is 2.25. The molecule has 1 heterocycles. The molecule has 2 rings (SSSR count). The number of carbonyl (C=O) groups excluding carboxylic acids is 2. The van der Waals surface area contributed by atoms with Crippen molar-refractivity contribution in [2.75, 3.05) is 39.9 Å². The van der Waals surface area contributed by atoms with E-state index < -0.39 is 5.82 Å². The van der Waals surface area contributed by atoms with Crippen molar-refractivity contribution in [3.63, 3.8) is 0 Å². The zero-order chi connectivity index (χ0) is 20.5. The molecule has 1 aromatic rings. The maximum atomic E-state index is 13.9. The van der Waals surface area contributed by atoms with E-state index in [2.05, 4.69) is 5.32 Å². The molecule has 0 bridgehead atoms. The second-order valence-corrected chi connectivity index (χ2v) is 6.95. The maximum absolute atomic E-state index is 13.9. The second kappa shape index (κ2) is 10.8. The van der Waals surface area contributed by atoms with Gasteiger partial charge in [-0.1, -0.05) is 0 Å². The maximum Gasteiger partial charge on any atom is 0.409 e. The first-order valence-electron chi connectivity index (χ1n) is 9.83. The van der Waals surface area contributed by atoms with Crippen LogP contribution >= 0.6 is 0 Å². The summed E-state index contributed by atoms with van der Waals surface area (Å²) in [4.78, 5) is 26.9. The number of nitrogens with zero attached hydrogens (tertiary/aromatic N) is 1.